The van der Waals surface area contributed by atoms with E-state index in [2.05, 4.69) is 89.1 Å². The quantitative estimate of drug-likeness (QED) is 0.0333. The molecule has 12 heteroatoms. The highest BCUT2D eigenvalue weighted by molar-refractivity contribution is 6.39. The fourth-order valence-corrected chi connectivity index (χ4v) is 14.2. The van der Waals surface area contributed by atoms with Gasteiger partial charge in [-0.3, -0.25) is 43.4 Å². The third-order valence-electron chi connectivity index (χ3n) is 19.3. The van der Waals surface area contributed by atoms with E-state index in [4.69, 9.17) is 0 Å². The molecule has 84 heavy (non-hydrogen) atoms. The zero-order chi connectivity index (χ0) is 60.1. The summed E-state index contributed by atoms with van der Waals surface area (Å²) < 4.78 is 2.21. The van der Waals surface area contributed by atoms with Crippen molar-refractivity contribution < 1.29 is 33.7 Å². The molecule has 5 aromatic rings. The molecule has 0 spiro atoms. The van der Waals surface area contributed by atoms with Crippen molar-refractivity contribution in [2.24, 2.45) is 11.8 Å². The number of anilines is 1. The second kappa shape index (κ2) is 24.0. The number of benzene rings is 4. The smallest absolute Gasteiger partial charge is 0.262 e. The van der Waals surface area contributed by atoms with Gasteiger partial charge < -0.3 is 10.0 Å². The van der Waals surface area contributed by atoms with E-state index in [-0.39, 0.29) is 90.0 Å². The number of imide groups is 2. The van der Waals surface area contributed by atoms with Crippen molar-refractivity contribution >= 4 is 68.9 Å². The zero-order valence-corrected chi connectivity index (χ0v) is 51.3. The van der Waals surface area contributed by atoms with E-state index in [0.717, 1.165) is 134 Å². The fourth-order valence-electron chi connectivity index (χ4n) is 14.2. The van der Waals surface area contributed by atoms with Crippen LogP contribution in [0.4, 0.5) is 11.4 Å². The van der Waals surface area contributed by atoms with Gasteiger partial charge >= 0.3 is 0 Å². The van der Waals surface area contributed by atoms with E-state index in [0.29, 0.717) is 25.9 Å². The summed E-state index contributed by atoms with van der Waals surface area (Å²) in [5, 5.41) is 14.6. The number of hydrogen-bond acceptors (Lipinski definition) is 9. The molecule has 4 heterocycles. The van der Waals surface area contributed by atoms with Crippen molar-refractivity contribution in [2.45, 2.75) is 183 Å². The molecule has 440 valence electrons. The normalized spacial score (nSPS) is 18.7. The van der Waals surface area contributed by atoms with E-state index < -0.39 is 56.9 Å². The summed E-state index contributed by atoms with van der Waals surface area (Å²) in [6, 6.07) is 19.1. The van der Waals surface area contributed by atoms with Gasteiger partial charge in [0.2, 0.25) is 16.5 Å². The molecule has 4 aliphatic heterocycles. The number of allylic oxidation sites excluding steroid dienone is 4. The van der Waals surface area contributed by atoms with Gasteiger partial charge in [0.15, 0.2) is 11.5 Å². The van der Waals surface area contributed by atoms with Crippen LogP contribution in [-0.2, 0) is 15.6 Å². The van der Waals surface area contributed by atoms with E-state index in [9.17, 15) is 0 Å². The highest BCUT2D eigenvalue weighted by atomic mass is 16.3. The lowest BCUT2D eigenvalue weighted by Gasteiger charge is -2.36. The summed E-state index contributed by atoms with van der Waals surface area (Å²) in [4.78, 5) is 112. The van der Waals surface area contributed by atoms with Crippen molar-refractivity contribution in [3.8, 4) is 0 Å². The summed E-state index contributed by atoms with van der Waals surface area (Å²) in [6.07, 6.45) is 17.8. The summed E-state index contributed by atoms with van der Waals surface area (Å²) >= 11 is 0. The Balaban J connectivity index is 1.27. The van der Waals surface area contributed by atoms with Gasteiger partial charge in [-0.1, -0.05) is 168 Å². The van der Waals surface area contributed by atoms with Crippen LogP contribution in [0.15, 0.2) is 93.4 Å². The van der Waals surface area contributed by atoms with Crippen molar-refractivity contribution in [1.82, 2.24) is 9.80 Å². The lowest BCUT2D eigenvalue weighted by atomic mass is 9.77. The zero-order valence-electron chi connectivity index (χ0n) is 51.3. The van der Waals surface area contributed by atoms with Crippen molar-refractivity contribution in [2.75, 3.05) is 31.1 Å². The second-order valence-electron chi connectivity index (χ2n) is 25.4. The van der Waals surface area contributed by atoms with Gasteiger partial charge in [-0.2, -0.15) is 4.58 Å². The Bertz CT molecular complexity index is 3940. The first-order valence-corrected chi connectivity index (χ1v) is 31.6. The Morgan fingerprint density at radius 2 is 1.08 bits per heavy atom. The molecule has 0 aromatic heterocycles. The van der Waals surface area contributed by atoms with Crippen LogP contribution in [0.5, 0.6) is 0 Å². The standard InChI is InChI=1S/C72H84N4O8/c1-11-17-21-27-35-73-53-33-25-23-31-51(53)71(7,8)55(73)39-49-63(77)61(64(49)78)45-37-47-58-57-48(68(82)75(69(83)59(45)57)41-43(15-5)29-19-13-3)38-46(60(58)70(84)76(67(47)81)42-44(16-6)30-20-14-4)62-65(79)50(66(62)80)40-56-72(9,10)52-32-24-26-34-54(52)74(56)36-28-22-18-12-2/h23-26,31-34,37-40,43-44H,11-22,27-30,35-36,41-42H2,1-10H3. The van der Waals surface area contributed by atoms with Crippen LogP contribution in [0.1, 0.15) is 225 Å². The van der Waals surface area contributed by atoms with Gasteiger partial charge in [-0.25, -0.2) is 0 Å². The number of carbonyl (C=O) groups excluding carboxylic acids is 5. The molecule has 0 fully saturated rings. The Labute approximate surface area is 494 Å². The predicted octanol–water partition coefficient (Wildman–Crippen LogP) is 11.4. The minimum absolute atomic E-state index is 0.0205. The van der Waals surface area contributed by atoms with E-state index in [1.807, 2.05) is 38.1 Å². The number of rotatable bonds is 24. The molecule has 2 atom stereocenters. The maximum Gasteiger partial charge on any atom is 0.262 e. The van der Waals surface area contributed by atoms with Crippen molar-refractivity contribution in [3.05, 3.63) is 158 Å². The molecule has 10 rings (SSSR count). The number of ketones is 1. The Hall–Kier alpha value is -7.34. The van der Waals surface area contributed by atoms with Gasteiger partial charge in [0.05, 0.1) is 27.0 Å². The third kappa shape index (κ3) is 9.86. The molecule has 0 bridgehead atoms. The first-order valence-electron chi connectivity index (χ1n) is 31.6. The summed E-state index contributed by atoms with van der Waals surface area (Å²) in [7, 11) is 0. The monoisotopic (exact) mass is 1130 g/mol. The van der Waals surface area contributed by atoms with E-state index >= 15 is 38.7 Å². The average molecular weight is 1130 g/mol. The Morgan fingerprint density at radius 1 is 0.560 bits per heavy atom. The maximum atomic E-state index is 15.6. The van der Waals surface area contributed by atoms with Gasteiger partial charge in [-0.15, -0.1) is 0 Å². The van der Waals surface area contributed by atoms with Crippen molar-refractivity contribution in [1.29, 1.82) is 0 Å². The second-order valence-corrected chi connectivity index (χ2v) is 25.4. The average Bonchev–Trinajstić information content (AvgIpc) is 1.30. The van der Waals surface area contributed by atoms with Crippen LogP contribution >= 0.6 is 0 Å². The van der Waals surface area contributed by atoms with E-state index in [1.165, 1.54) is 12.1 Å². The molecule has 5 aliphatic rings. The number of hydrogen-bond donors (Lipinski definition) is 0. The minimum atomic E-state index is -0.744. The third-order valence-corrected chi connectivity index (χ3v) is 19.3. The van der Waals surface area contributed by atoms with Crippen LogP contribution in [0.25, 0.3) is 22.4 Å². The SMILES string of the molecule is CCCCCCN1C(=CC2=C([O-])C(=c3cc4c5c(c(=c6c(=O)c(=CC7=[N+](CCCCCC)c8ccccc8C7(C)C)c6=O)cc6c5c3C(=O)N(CC(CC)CCCC)C6=O)C(=O)N(CC(CC)CCCC)C4=O)C2=O)C(C)(C)c2ccccc21. The van der Waals surface area contributed by atoms with Crippen molar-refractivity contribution in [3.63, 3.8) is 0 Å². The number of unbranched alkanes of at least 4 members (excludes halogenated alkanes) is 8. The fraction of sp³-hybridized carbons (Fsp3) is 0.472. The molecular weight excluding hydrogens is 1050 g/mol. The van der Waals surface area contributed by atoms with Crippen LogP contribution in [0.3, 0.4) is 0 Å². The molecular formula is C72H84N4O8. The number of Topliss-reactive ketones (excluding diaryl/α,β-unsaturated/α-hetero) is 1. The highest BCUT2D eigenvalue weighted by Gasteiger charge is 2.47. The Kier molecular flexibility index (Phi) is 17.1. The molecule has 1 aliphatic carbocycles. The van der Waals surface area contributed by atoms with Crippen LogP contribution in [0.2, 0.25) is 0 Å². The predicted molar refractivity (Wildman–Crippen MR) is 332 cm³/mol. The lowest BCUT2D eigenvalue weighted by Crippen LogP contribution is -2.52. The van der Waals surface area contributed by atoms with Gasteiger partial charge in [-0.05, 0) is 86.4 Å². The number of nitrogens with zero attached hydrogens (tertiary/aromatic N) is 4. The minimum Gasteiger partial charge on any atom is -0.871 e. The molecule has 4 amide bonds. The summed E-state index contributed by atoms with van der Waals surface area (Å²) in [6.45, 7) is 22.3. The largest absolute Gasteiger partial charge is 0.871 e. The number of carbonyl (C=O) groups is 5. The van der Waals surface area contributed by atoms with Gasteiger partial charge in [0, 0.05) is 98.8 Å². The van der Waals surface area contributed by atoms with E-state index in [1.54, 1.807) is 12.2 Å². The summed E-state index contributed by atoms with van der Waals surface area (Å²) in [5.41, 5.74) is 2.71. The Morgan fingerprint density at radius 3 is 1.64 bits per heavy atom. The summed E-state index contributed by atoms with van der Waals surface area (Å²) in [5.74, 6) is -4.30. The molecule has 2 unspecified atom stereocenters. The highest BCUT2D eigenvalue weighted by Crippen LogP contribution is 2.49. The number of fused-ring (bicyclic) bond motifs is 2. The van der Waals surface area contributed by atoms with Crippen LogP contribution in [0, 0.1) is 22.3 Å². The molecule has 0 saturated carbocycles. The maximum absolute atomic E-state index is 15.6. The lowest BCUT2D eigenvalue weighted by molar-refractivity contribution is -0.437. The number of para-hydroxylation sites is 2. The number of amides is 4. The van der Waals surface area contributed by atoms with Crippen LogP contribution < -0.4 is 31.3 Å². The van der Waals surface area contributed by atoms with Gasteiger partial charge in [0.25, 0.3) is 23.6 Å². The molecule has 0 saturated heterocycles. The first-order chi connectivity index (χ1) is 40.3. The molecule has 0 radical (unpaired) electrons. The topological polar surface area (TPSA) is 155 Å². The van der Waals surface area contributed by atoms with Gasteiger partial charge in [0.1, 0.15) is 6.54 Å². The van der Waals surface area contributed by atoms with Crippen LogP contribution in [-0.4, -0.2) is 75.7 Å². The molecule has 5 aromatic carbocycles. The first kappa shape index (κ1) is 59.8. The molecule has 12 nitrogen and oxygen atoms in total. The molecule has 0 N–H and O–H groups in total.